The van der Waals surface area contributed by atoms with Gasteiger partial charge in [-0.25, -0.2) is 0 Å². The predicted octanol–water partition coefficient (Wildman–Crippen LogP) is 1.22. The van der Waals surface area contributed by atoms with Crippen molar-refractivity contribution < 1.29 is 0 Å². The summed E-state index contributed by atoms with van der Waals surface area (Å²) in [5, 5.41) is 7.61. The monoisotopic (exact) mass is 210 g/mol. The Hall–Kier alpha value is -1.36. The Morgan fingerprint density at radius 1 is 1.64 bits per heavy atom. The van der Waals surface area contributed by atoms with Gasteiger partial charge in [0.05, 0.1) is 11.4 Å². The molecule has 1 aromatic heterocycles. The van der Waals surface area contributed by atoms with Crippen molar-refractivity contribution in [3.63, 3.8) is 0 Å². The molecule has 4 nitrogen and oxygen atoms in total. The van der Waals surface area contributed by atoms with Crippen molar-refractivity contribution in [3.05, 3.63) is 24.0 Å². The lowest BCUT2D eigenvalue weighted by molar-refractivity contribution is 0.900. The SMILES string of the molecule is CCNC(=S)NN=C(C)c1ccc[nH]1. The number of hydrogen-bond acceptors (Lipinski definition) is 2. The van der Waals surface area contributed by atoms with Gasteiger partial charge in [-0.2, -0.15) is 5.10 Å². The van der Waals surface area contributed by atoms with Crippen LogP contribution in [0.1, 0.15) is 19.5 Å². The summed E-state index contributed by atoms with van der Waals surface area (Å²) in [6.45, 7) is 4.69. The molecule has 3 N–H and O–H groups in total. The zero-order chi connectivity index (χ0) is 10.4. The van der Waals surface area contributed by atoms with Crippen LogP contribution in [0.15, 0.2) is 23.4 Å². The molecule has 5 heteroatoms. The maximum Gasteiger partial charge on any atom is 0.186 e. The third-order valence-corrected chi connectivity index (χ3v) is 1.89. The predicted molar refractivity (Wildman–Crippen MR) is 62.4 cm³/mol. The summed E-state index contributed by atoms with van der Waals surface area (Å²) in [5.41, 5.74) is 4.61. The van der Waals surface area contributed by atoms with Crippen LogP contribution in [0, 0.1) is 0 Å². The van der Waals surface area contributed by atoms with Crippen molar-refractivity contribution in [2.45, 2.75) is 13.8 Å². The molecule has 0 aliphatic carbocycles. The highest BCUT2D eigenvalue weighted by Crippen LogP contribution is 1.95. The Morgan fingerprint density at radius 2 is 2.43 bits per heavy atom. The maximum atomic E-state index is 4.96. The van der Waals surface area contributed by atoms with Crippen molar-refractivity contribution in [2.24, 2.45) is 5.10 Å². The second-order valence-corrected chi connectivity index (χ2v) is 3.16. The van der Waals surface area contributed by atoms with Gasteiger partial charge in [-0.05, 0) is 38.2 Å². The molecule has 76 valence electrons. The van der Waals surface area contributed by atoms with E-state index in [1.165, 1.54) is 0 Å². The van der Waals surface area contributed by atoms with Gasteiger partial charge in [0.2, 0.25) is 0 Å². The van der Waals surface area contributed by atoms with E-state index in [0.29, 0.717) is 5.11 Å². The van der Waals surface area contributed by atoms with Gasteiger partial charge in [0.1, 0.15) is 0 Å². The Labute approximate surface area is 88.8 Å². The highest BCUT2D eigenvalue weighted by atomic mass is 32.1. The largest absolute Gasteiger partial charge is 0.362 e. The van der Waals surface area contributed by atoms with Gasteiger partial charge < -0.3 is 10.3 Å². The van der Waals surface area contributed by atoms with Crippen molar-refractivity contribution in [1.29, 1.82) is 0 Å². The topological polar surface area (TPSA) is 52.2 Å². The standard InChI is InChI=1S/C9H14N4S/c1-3-10-9(14)13-12-7(2)8-5-4-6-11-8/h4-6,11H,3H2,1-2H3,(H2,10,13,14). The van der Waals surface area contributed by atoms with Crippen LogP contribution in [0.4, 0.5) is 0 Å². The number of H-pyrrole nitrogens is 1. The Morgan fingerprint density at radius 3 is 3.00 bits per heavy atom. The minimum absolute atomic E-state index is 0.540. The van der Waals surface area contributed by atoms with Gasteiger partial charge in [0, 0.05) is 12.7 Å². The minimum Gasteiger partial charge on any atom is -0.362 e. The maximum absolute atomic E-state index is 4.96. The average Bonchev–Trinajstić information content (AvgIpc) is 2.67. The fourth-order valence-electron chi connectivity index (χ4n) is 0.950. The third-order valence-electron chi connectivity index (χ3n) is 1.65. The minimum atomic E-state index is 0.540. The number of hydrogen-bond donors (Lipinski definition) is 3. The third kappa shape index (κ3) is 3.18. The summed E-state index contributed by atoms with van der Waals surface area (Å²) in [6, 6.07) is 3.88. The average molecular weight is 210 g/mol. The lowest BCUT2D eigenvalue weighted by Gasteiger charge is -2.04. The van der Waals surface area contributed by atoms with Crippen LogP contribution in [0.3, 0.4) is 0 Å². The number of nitrogens with zero attached hydrogens (tertiary/aromatic N) is 1. The lowest BCUT2D eigenvalue weighted by atomic mass is 10.3. The first-order chi connectivity index (χ1) is 6.74. The molecule has 1 heterocycles. The van der Waals surface area contributed by atoms with E-state index in [1.807, 2.05) is 32.2 Å². The van der Waals surface area contributed by atoms with E-state index in [0.717, 1.165) is 18.0 Å². The molecular formula is C9H14N4S. The highest BCUT2D eigenvalue weighted by Gasteiger charge is 1.96. The van der Waals surface area contributed by atoms with Crippen LogP contribution in [-0.4, -0.2) is 22.4 Å². The number of thiocarbonyl (C=S) groups is 1. The summed E-state index contributed by atoms with van der Waals surface area (Å²) in [5.74, 6) is 0. The summed E-state index contributed by atoms with van der Waals surface area (Å²) in [6.07, 6.45) is 1.86. The zero-order valence-electron chi connectivity index (χ0n) is 8.29. The normalized spacial score (nSPS) is 11.1. The first-order valence-electron chi connectivity index (χ1n) is 4.46. The number of hydrazone groups is 1. The van der Waals surface area contributed by atoms with Crippen molar-refractivity contribution in [2.75, 3.05) is 6.54 Å². The van der Waals surface area contributed by atoms with Gasteiger partial charge >= 0.3 is 0 Å². The van der Waals surface area contributed by atoms with Crippen molar-refractivity contribution in [1.82, 2.24) is 15.7 Å². The molecule has 0 amide bonds. The smallest absolute Gasteiger partial charge is 0.186 e. The summed E-state index contributed by atoms with van der Waals surface area (Å²) in [4.78, 5) is 3.06. The second-order valence-electron chi connectivity index (χ2n) is 2.75. The van der Waals surface area contributed by atoms with E-state index in [9.17, 15) is 0 Å². The van der Waals surface area contributed by atoms with E-state index in [-0.39, 0.29) is 0 Å². The fraction of sp³-hybridized carbons (Fsp3) is 0.333. The summed E-state index contributed by atoms with van der Waals surface area (Å²) >= 11 is 4.96. The van der Waals surface area contributed by atoms with Gasteiger partial charge in [-0.3, -0.25) is 5.43 Å². The zero-order valence-corrected chi connectivity index (χ0v) is 9.11. The molecule has 0 fully saturated rings. The van der Waals surface area contributed by atoms with E-state index in [4.69, 9.17) is 12.2 Å². The van der Waals surface area contributed by atoms with Gasteiger partial charge in [0.25, 0.3) is 0 Å². The first kappa shape index (κ1) is 10.7. The number of rotatable bonds is 3. The quantitative estimate of drug-likeness (QED) is 0.399. The molecule has 0 saturated heterocycles. The highest BCUT2D eigenvalue weighted by molar-refractivity contribution is 7.80. The Kier molecular flexibility index (Phi) is 4.12. The molecule has 1 rings (SSSR count). The fourth-order valence-corrected chi connectivity index (χ4v) is 1.14. The van der Waals surface area contributed by atoms with E-state index in [2.05, 4.69) is 20.8 Å². The van der Waals surface area contributed by atoms with Crippen LogP contribution in [0.2, 0.25) is 0 Å². The number of aromatic amines is 1. The van der Waals surface area contributed by atoms with Crippen LogP contribution >= 0.6 is 12.2 Å². The van der Waals surface area contributed by atoms with Gasteiger partial charge in [-0.1, -0.05) is 0 Å². The van der Waals surface area contributed by atoms with Crippen LogP contribution < -0.4 is 10.7 Å². The van der Waals surface area contributed by atoms with Gasteiger partial charge in [0.15, 0.2) is 5.11 Å². The first-order valence-corrected chi connectivity index (χ1v) is 4.86. The molecule has 0 aliphatic rings. The molecule has 0 saturated carbocycles. The Balaban J connectivity index is 2.49. The molecule has 0 aromatic carbocycles. The molecule has 0 unspecified atom stereocenters. The van der Waals surface area contributed by atoms with Crippen LogP contribution in [-0.2, 0) is 0 Å². The molecule has 1 aromatic rings. The van der Waals surface area contributed by atoms with E-state index >= 15 is 0 Å². The van der Waals surface area contributed by atoms with Crippen molar-refractivity contribution in [3.8, 4) is 0 Å². The molecular weight excluding hydrogens is 196 g/mol. The lowest BCUT2D eigenvalue weighted by Crippen LogP contribution is -2.32. The number of aromatic nitrogens is 1. The van der Waals surface area contributed by atoms with Gasteiger partial charge in [-0.15, -0.1) is 0 Å². The van der Waals surface area contributed by atoms with E-state index in [1.54, 1.807) is 0 Å². The Bertz CT molecular complexity index is 316. The molecule has 0 atom stereocenters. The molecule has 0 radical (unpaired) electrons. The van der Waals surface area contributed by atoms with E-state index < -0.39 is 0 Å². The second kappa shape index (κ2) is 5.39. The van der Waals surface area contributed by atoms with Crippen molar-refractivity contribution >= 4 is 23.0 Å². The molecule has 0 spiro atoms. The molecule has 14 heavy (non-hydrogen) atoms. The number of nitrogens with one attached hydrogen (secondary N) is 3. The molecule has 0 bridgehead atoms. The van der Waals surface area contributed by atoms with Crippen LogP contribution in [0.25, 0.3) is 0 Å². The van der Waals surface area contributed by atoms with Crippen LogP contribution in [0.5, 0.6) is 0 Å². The molecule has 0 aliphatic heterocycles. The summed E-state index contributed by atoms with van der Waals surface area (Å²) in [7, 11) is 0. The summed E-state index contributed by atoms with van der Waals surface area (Å²) < 4.78 is 0.